The molecule has 1 aromatic heterocycles. The fourth-order valence-electron chi connectivity index (χ4n) is 0.832. The summed E-state index contributed by atoms with van der Waals surface area (Å²) in [5.41, 5.74) is 0.475. The molecule has 0 unspecified atom stereocenters. The molecule has 1 rings (SSSR count). The predicted molar refractivity (Wildman–Crippen MR) is 67.6 cm³/mol. The number of aldehydes is 1. The highest BCUT2D eigenvalue weighted by atomic mass is 79.9. The van der Waals surface area contributed by atoms with Crippen molar-refractivity contribution in [3.05, 3.63) is 28.5 Å². The Bertz CT molecular complexity index is 318. The van der Waals surface area contributed by atoms with Crippen molar-refractivity contribution in [2.24, 2.45) is 0 Å². The Morgan fingerprint density at radius 2 is 2.00 bits per heavy atom. The van der Waals surface area contributed by atoms with Crippen LogP contribution < -0.4 is 0 Å². The van der Waals surface area contributed by atoms with Crippen LogP contribution in [-0.4, -0.2) is 16.6 Å². The molecule has 5 heteroatoms. The van der Waals surface area contributed by atoms with Gasteiger partial charge in [-0.1, -0.05) is 0 Å². The predicted octanol–water partition coefficient (Wildman–Crippen LogP) is 3.74. The molecule has 0 aliphatic rings. The molecule has 1 heterocycles. The molecule has 2 nitrogen and oxygen atoms in total. The van der Waals surface area contributed by atoms with Gasteiger partial charge in [0.2, 0.25) is 0 Å². The Morgan fingerprint density at radius 1 is 1.47 bits per heavy atom. The van der Waals surface area contributed by atoms with Crippen LogP contribution in [0.4, 0.5) is 0 Å². The van der Waals surface area contributed by atoms with Gasteiger partial charge in [-0.2, -0.15) is 0 Å². The molecule has 0 amide bonds. The largest absolute Gasteiger partial charge is 0.302 e. The molecule has 0 spiro atoms. The van der Waals surface area contributed by atoms with E-state index in [1.807, 2.05) is 19.9 Å². The van der Waals surface area contributed by atoms with Gasteiger partial charge in [0.25, 0.3) is 0 Å². The third kappa shape index (κ3) is 5.50. The number of nitrogens with zero attached hydrogens (tertiary/aromatic N) is 1. The Balaban J connectivity index is 0.000000583. The van der Waals surface area contributed by atoms with Crippen LogP contribution in [0.25, 0.3) is 0 Å². The van der Waals surface area contributed by atoms with Crippen LogP contribution in [-0.2, 0) is 10.2 Å². The Hall–Kier alpha value is -0.120. The summed E-state index contributed by atoms with van der Waals surface area (Å²) in [4.78, 5) is 14.7. The average molecular weight is 313 g/mol. The molecule has 15 heavy (non-hydrogen) atoms. The van der Waals surface area contributed by atoms with Crippen LogP contribution in [0.1, 0.15) is 19.4 Å². The summed E-state index contributed by atoms with van der Waals surface area (Å²) >= 11 is 12.8. The van der Waals surface area contributed by atoms with Gasteiger partial charge in [-0.05, 0) is 41.4 Å². The Labute approximate surface area is 108 Å². The summed E-state index contributed by atoms with van der Waals surface area (Å²) in [6, 6.07) is 1.90. The van der Waals surface area contributed by atoms with Crippen LogP contribution >= 0.6 is 39.1 Å². The molecule has 0 N–H and O–H groups in total. The van der Waals surface area contributed by atoms with Crippen LogP contribution in [0.5, 0.6) is 0 Å². The zero-order valence-electron chi connectivity index (χ0n) is 8.51. The lowest BCUT2D eigenvalue weighted by Gasteiger charge is -2.16. The second-order valence-corrected chi connectivity index (χ2v) is 5.06. The van der Waals surface area contributed by atoms with Crippen LogP contribution in [0.15, 0.2) is 22.9 Å². The summed E-state index contributed by atoms with van der Waals surface area (Å²) in [5.74, 6) is 0. The summed E-state index contributed by atoms with van der Waals surface area (Å²) in [6.07, 6.45) is 4.33. The maximum atomic E-state index is 10.7. The summed E-state index contributed by atoms with van der Waals surface area (Å²) in [6.45, 7) is 3.73. The number of rotatable bonds is 2. The lowest BCUT2D eigenvalue weighted by atomic mass is 9.88. The van der Waals surface area contributed by atoms with Gasteiger partial charge >= 0.3 is 0 Å². The van der Waals surface area contributed by atoms with Crippen molar-refractivity contribution < 1.29 is 4.79 Å². The molecule has 1 aromatic rings. The standard InChI is InChI=1S/C9H10BrNO.CH2Cl2/c1-9(2,6-12)7-3-8(10)5-11-4-7;2-1-3/h3-6H,1-2H3;1H2. The number of aromatic nitrogens is 1. The normalized spacial score (nSPS) is 10.2. The number of halogens is 3. The molecule has 0 saturated carbocycles. The topological polar surface area (TPSA) is 30.0 Å². The number of carbonyl (C=O) groups excluding carboxylic acids is 1. The van der Waals surface area contributed by atoms with Gasteiger partial charge in [-0.3, -0.25) is 4.98 Å². The van der Waals surface area contributed by atoms with E-state index in [0.29, 0.717) is 0 Å². The van der Waals surface area contributed by atoms with Crippen molar-refractivity contribution in [3.63, 3.8) is 0 Å². The zero-order chi connectivity index (χ0) is 11.9. The van der Waals surface area contributed by atoms with Gasteiger partial charge in [0.15, 0.2) is 0 Å². The SMILES string of the molecule is CC(C)(C=O)c1cncc(Br)c1.ClCCl. The monoisotopic (exact) mass is 311 g/mol. The molecular weight excluding hydrogens is 301 g/mol. The number of alkyl halides is 2. The van der Waals surface area contributed by atoms with Gasteiger partial charge < -0.3 is 4.79 Å². The summed E-state index contributed by atoms with van der Waals surface area (Å²) in [5, 5.41) is 0.194. The lowest BCUT2D eigenvalue weighted by Crippen LogP contribution is -2.18. The second-order valence-electron chi connectivity index (χ2n) is 3.33. The average Bonchev–Trinajstić information content (AvgIpc) is 2.19. The number of hydrogen-bond acceptors (Lipinski definition) is 2. The van der Waals surface area contributed by atoms with E-state index < -0.39 is 5.41 Å². The molecule has 0 fully saturated rings. The van der Waals surface area contributed by atoms with Gasteiger partial charge in [-0.25, -0.2) is 0 Å². The van der Waals surface area contributed by atoms with Crippen LogP contribution in [0.3, 0.4) is 0 Å². The smallest absolute Gasteiger partial charge is 0.130 e. The molecule has 0 saturated heterocycles. The minimum Gasteiger partial charge on any atom is -0.302 e. The first-order chi connectivity index (χ1) is 6.97. The zero-order valence-corrected chi connectivity index (χ0v) is 11.6. The van der Waals surface area contributed by atoms with Gasteiger partial charge in [0.1, 0.15) is 6.29 Å². The number of hydrogen-bond donors (Lipinski definition) is 0. The highest BCUT2D eigenvalue weighted by Crippen LogP contribution is 2.22. The Kier molecular flexibility index (Phi) is 7.14. The lowest BCUT2D eigenvalue weighted by molar-refractivity contribution is -0.111. The molecule has 0 aliphatic carbocycles. The van der Waals surface area contributed by atoms with Crippen molar-refractivity contribution in [2.45, 2.75) is 19.3 Å². The third-order valence-corrected chi connectivity index (χ3v) is 2.18. The molecule has 0 aliphatic heterocycles. The molecule has 0 radical (unpaired) electrons. The molecule has 0 aromatic carbocycles. The Morgan fingerprint density at radius 3 is 2.40 bits per heavy atom. The fourth-order valence-corrected chi connectivity index (χ4v) is 1.20. The van der Waals surface area contributed by atoms with Crippen molar-refractivity contribution in [2.75, 3.05) is 5.34 Å². The second kappa shape index (κ2) is 7.20. The quantitative estimate of drug-likeness (QED) is 0.615. The first kappa shape index (κ1) is 14.9. The first-order valence-corrected chi connectivity index (χ1v) is 6.03. The van der Waals surface area contributed by atoms with Crippen LogP contribution in [0.2, 0.25) is 0 Å². The van der Waals surface area contributed by atoms with Gasteiger partial charge in [0.05, 0.1) is 5.34 Å². The van der Waals surface area contributed by atoms with Crippen molar-refractivity contribution in [3.8, 4) is 0 Å². The fraction of sp³-hybridized carbons (Fsp3) is 0.400. The van der Waals surface area contributed by atoms with E-state index in [1.165, 1.54) is 0 Å². The van der Waals surface area contributed by atoms with Crippen molar-refractivity contribution in [1.29, 1.82) is 0 Å². The number of carbonyl (C=O) groups is 1. The van der Waals surface area contributed by atoms with Crippen LogP contribution in [0, 0.1) is 0 Å². The van der Waals surface area contributed by atoms with E-state index in [2.05, 4.69) is 20.9 Å². The van der Waals surface area contributed by atoms with E-state index in [9.17, 15) is 4.79 Å². The van der Waals surface area contributed by atoms with E-state index in [-0.39, 0.29) is 5.34 Å². The van der Waals surface area contributed by atoms with E-state index >= 15 is 0 Å². The highest BCUT2D eigenvalue weighted by molar-refractivity contribution is 9.10. The first-order valence-electron chi connectivity index (χ1n) is 4.17. The van der Waals surface area contributed by atoms with E-state index in [4.69, 9.17) is 23.2 Å². The van der Waals surface area contributed by atoms with E-state index in [1.54, 1.807) is 12.4 Å². The maximum absolute atomic E-state index is 10.7. The molecular formula is C10H12BrCl2NO. The third-order valence-electron chi connectivity index (χ3n) is 1.74. The molecule has 0 bridgehead atoms. The highest BCUT2D eigenvalue weighted by Gasteiger charge is 2.19. The summed E-state index contributed by atoms with van der Waals surface area (Å²) in [7, 11) is 0. The van der Waals surface area contributed by atoms with Crippen molar-refractivity contribution in [1.82, 2.24) is 4.98 Å². The number of pyridine rings is 1. The summed E-state index contributed by atoms with van der Waals surface area (Å²) < 4.78 is 0.898. The maximum Gasteiger partial charge on any atom is 0.130 e. The molecule has 84 valence electrons. The van der Waals surface area contributed by atoms with Crippen molar-refractivity contribution >= 4 is 45.4 Å². The van der Waals surface area contributed by atoms with Gasteiger partial charge in [0, 0.05) is 22.3 Å². The molecule has 0 atom stereocenters. The van der Waals surface area contributed by atoms with E-state index in [0.717, 1.165) is 16.3 Å². The minimum absolute atomic E-state index is 0.194. The van der Waals surface area contributed by atoms with Gasteiger partial charge in [-0.15, -0.1) is 23.2 Å². The minimum atomic E-state index is -0.448.